The van der Waals surface area contributed by atoms with Crippen LogP contribution in [0.1, 0.15) is 30.9 Å². The van der Waals surface area contributed by atoms with E-state index in [-0.39, 0.29) is 0 Å². The molecule has 0 saturated heterocycles. The van der Waals surface area contributed by atoms with Crippen molar-refractivity contribution in [2.75, 3.05) is 6.61 Å². The standard InChI is InChI=1S/C18H23NO/c1-2-3-12-20-14-15-8-10-16(11-9-15)18-7-5-4-6-17(18)13-19/h4-11H,2-3,12-14,19H2,1H3. The summed E-state index contributed by atoms with van der Waals surface area (Å²) < 4.78 is 5.63. The van der Waals surface area contributed by atoms with Crippen LogP contribution in [-0.2, 0) is 17.9 Å². The van der Waals surface area contributed by atoms with E-state index in [1.54, 1.807) is 0 Å². The fraction of sp³-hybridized carbons (Fsp3) is 0.333. The molecule has 2 N–H and O–H groups in total. The smallest absolute Gasteiger partial charge is 0.0716 e. The number of benzene rings is 2. The van der Waals surface area contributed by atoms with Crippen LogP contribution in [0.5, 0.6) is 0 Å². The molecular weight excluding hydrogens is 246 g/mol. The molecule has 0 aliphatic rings. The van der Waals surface area contributed by atoms with E-state index < -0.39 is 0 Å². The van der Waals surface area contributed by atoms with Crippen LogP contribution in [0.15, 0.2) is 48.5 Å². The first-order chi connectivity index (χ1) is 9.85. The maximum absolute atomic E-state index is 5.79. The molecule has 2 rings (SSSR count). The van der Waals surface area contributed by atoms with Crippen LogP contribution in [0.4, 0.5) is 0 Å². The molecule has 2 aromatic rings. The van der Waals surface area contributed by atoms with Crippen LogP contribution in [0.2, 0.25) is 0 Å². The van der Waals surface area contributed by atoms with E-state index in [9.17, 15) is 0 Å². The van der Waals surface area contributed by atoms with Crippen molar-refractivity contribution in [2.24, 2.45) is 5.73 Å². The van der Waals surface area contributed by atoms with Crippen molar-refractivity contribution in [3.05, 3.63) is 59.7 Å². The molecule has 106 valence electrons. The van der Waals surface area contributed by atoms with Crippen LogP contribution in [0, 0.1) is 0 Å². The van der Waals surface area contributed by atoms with Crippen molar-refractivity contribution in [1.29, 1.82) is 0 Å². The fourth-order valence-corrected chi connectivity index (χ4v) is 2.20. The summed E-state index contributed by atoms with van der Waals surface area (Å²) in [4.78, 5) is 0. The molecule has 0 saturated carbocycles. The van der Waals surface area contributed by atoms with Gasteiger partial charge in [0.1, 0.15) is 0 Å². The molecule has 0 fully saturated rings. The van der Waals surface area contributed by atoms with Crippen molar-refractivity contribution in [3.8, 4) is 11.1 Å². The highest BCUT2D eigenvalue weighted by Gasteiger charge is 2.03. The first-order valence-corrected chi connectivity index (χ1v) is 7.30. The third kappa shape index (κ3) is 3.92. The summed E-state index contributed by atoms with van der Waals surface area (Å²) in [5.74, 6) is 0. The number of nitrogens with two attached hydrogens (primary N) is 1. The molecule has 0 bridgehead atoms. The van der Waals surface area contributed by atoms with E-state index in [4.69, 9.17) is 10.5 Å². The van der Waals surface area contributed by atoms with E-state index in [1.165, 1.54) is 28.7 Å². The molecule has 20 heavy (non-hydrogen) atoms. The van der Waals surface area contributed by atoms with Crippen LogP contribution in [0.25, 0.3) is 11.1 Å². The maximum Gasteiger partial charge on any atom is 0.0716 e. The van der Waals surface area contributed by atoms with Gasteiger partial charge in [0, 0.05) is 13.2 Å². The van der Waals surface area contributed by atoms with Crippen LogP contribution >= 0.6 is 0 Å². The average Bonchev–Trinajstić information content (AvgIpc) is 2.52. The van der Waals surface area contributed by atoms with Crippen molar-refractivity contribution in [3.63, 3.8) is 0 Å². The topological polar surface area (TPSA) is 35.2 Å². The summed E-state index contributed by atoms with van der Waals surface area (Å²) in [5.41, 5.74) is 10.6. The van der Waals surface area contributed by atoms with E-state index in [1.807, 2.05) is 6.07 Å². The highest BCUT2D eigenvalue weighted by atomic mass is 16.5. The van der Waals surface area contributed by atoms with Gasteiger partial charge in [-0.15, -0.1) is 0 Å². The van der Waals surface area contributed by atoms with Gasteiger partial charge in [0.25, 0.3) is 0 Å². The molecule has 0 unspecified atom stereocenters. The lowest BCUT2D eigenvalue weighted by atomic mass is 9.99. The van der Waals surface area contributed by atoms with Gasteiger partial charge >= 0.3 is 0 Å². The number of unbranched alkanes of at least 4 members (excludes halogenated alkanes) is 1. The van der Waals surface area contributed by atoms with Gasteiger partial charge in [0.2, 0.25) is 0 Å². The molecule has 0 aliphatic carbocycles. The van der Waals surface area contributed by atoms with Gasteiger partial charge in [-0.2, -0.15) is 0 Å². The third-order valence-corrected chi connectivity index (χ3v) is 3.41. The SMILES string of the molecule is CCCCOCc1ccc(-c2ccccc2CN)cc1. The summed E-state index contributed by atoms with van der Waals surface area (Å²) in [5, 5.41) is 0. The zero-order chi connectivity index (χ0) is 14.2. The van der Waals surface area contributed by atoms with Crippen LogP contribution in [0.3, 0.4) is 0 Å². The molecule has 2 nitrogen and oxygen atoms in total. The Morgan fingerprint density at radius 1 is 1.00 bits per heavy atom. The Morgan fingerprint density at radius 2 is 1.75 bits per heavy atom. The molecule has 0 spiro atoms. The lowest BCUT2D eigenvalue weighted by molar-refractivity contribution is 0.118. The lowest BCUT2D eigenvalue weighted by Crippen LogP contribution is -1.99. The Hall–Kier alpha value is -1.64. The Bertz CT molecular complexity index is 519. The predicted octanol–water partition coefficient (Wildman–Crippen LogP) is 4.13. The number of ether oxygens (including phenoxy) is 1. The minimum Gasteiger partial charge on any atom is -0.377 e. The monoisotopic (exact) mass is 269 g/mol. The third-order valence-electron chi connectivity index (χ3n) is 3.41. The Kier molecular flexibility index (Phi) is 5.78. The second-order valence-corrected chi connectivity index (χ2v) is 4.96. The van der Waals surface area contributed by atoms with E-state index in [0.29, 0.717) is 13.2 Å². The summed E-state index contributed by atoms with van der Waals surface area (Å²) in [7, 11) is 0. The van der Waals surface area contributed by atoms with Gasteiger partial charge in [-0.1, -0.05) is 61.9 Å². The molecule has 0 amide bonds. The molecule has 2 aromatic carbocycles. The minimum atomic E-state index is 0.568. The van der Waals surface area contributed by atoms with Crippen molar-refractivity contribution in [1.82, 2.24) is 0 Å². The van der Waals surface area contributed by atoms with Crippen molar-refractivity contribution >= 4 is 0 Å². The zero-order valence-corrected chi connectivity index (χ0v) is 12.1. The summed E-state index contributed by atoms with van der Waals surface area (Å²) >= 11 is 0. The highest BCUT2D eigenvalue weighted by molar-refractivity contribution is 5.67. The van der Waals surface area contributed by atoms with Gasteiger partial charge < -0.3 is 10.5 Å². The molecule has 0 radical (unpaired) electrons. The molecular formula is C18H23NO. The van der Waals surface area contributed by atoms with E-state index >= 15 is 0 Å². The second kappa shape index (κ2) is 7.83. The average molecular weight is 269 g/mol. The number of hydrogen-bond donors (Lipinski definition) is 1. The molecule has 2 heteroatoms. The molecule has 0 atom stereocenters. The van der Waals surface area contributed by atoms with Crippen molar-refractivity contribution < 1.29 is 4.74 Å². The van der Waals surface area contributed by atoms with Gasteiger partial charge in [0.05, 0.1) is 6.61 Å². The Balaban J connectivity index is 2.04. The van der Waals surface area contributed by atoms with Crippen LogP contribution in [-0.4, -0.2) is 6.61 Å². The van der Waals surface area contributed by atoms with Crippen molar-refractivity contribution in [2.45, 2.75) is 32.9 Å². The first-order valence-electron chi connectivity index (χ1n) is 7.30. The largest absolute Gasteiger partial charge is 0.377 e. The lowest BCUT2D eigenvalue weighted by Gasteiger charge is -2.09. The maximum atomic E-state index is 5.79. The first kappa shape index (κ1) is 14.8. The summed E-state index contributed by atoms with van der Waals surface area (Å²) in [6.07, 6.45) is 2.30. The molecule has 0 heterocycles. The minimum absolute atomic E-state index is 0.568. The molecule has 0 aromatic heterocycles. The Labute approximate surface area is 121 Å². The Morgan fingerprint density at radius 3 is 2.45 bits per heavy atom. The fourth-order valence-electron chi connectivity index (χ4n) is 2.20. The van der Waals surface area contributed by atoms with Crippen LogP contribution < -0.4 is 5.73 Å². The zero-order valence-electron chi connectivity index (χ0n) is 12.1. The highest BCUT2D eigenvalue weighted by Crippen LogP contribution is 2.23. The predicted molar refractivity (Wildman–Crippen MR) is 84.3 cm³/mol. The van der Waals surface area contributed by atoms with Gasteiger partial charge in [-0.25, -0.2) is 0 Å². The summed E-state index contributed by atoms with van der Waals surface area (Å²) in [6.45, 7) is 4.28. The van der Waals surface area contributed by atoms with Gasteiger partial charge in [-0.3, -0.25) is 0 Å². The van der Waals surface area contributed by atoms with E-state index in [2.05, 4.69) is 49.4 Å². The number of hydrogen-bond acceptors (Lipinski definition) is 2. The molecule has 0 aliphatic heterocycles. The summed E-state index contributed by atoms with van der Waals surface area (Å²) in [6, 6.07) is 16.8. The van der Waals surface area contributed by atoms with Gasteiger partial charge in [0.15, 0.2) is 0 Å². The number of rotatable bonds is 7. The second-order valence-electron chi connectivity index (χ2n) is 4.96. The quantitative estimate of drug-likeness (QED) is 0.767. The normalized spacial score (nSPS) is 10.7. The van der Waals surface area contributed by atoms with Gasteiger partial charge in [-0.05, 0) is 28.7 Å². The van der Waals surface area contributed by atoms with E-state index in [0.717, 1.165) is 13.0 Å².